The number of nitrogens with zero attached hydrogens (tertiary/aromatic N) is 1. The molecule has 0 bridgehead atoms. The highest BCUT2D eigenvalue weighted by molar-refractivity contribution is 6.11. The van der Waals surface area contributed by atoms with E-state index in [0.717, 1.165) is 33.2 Å². The lowest BCUT2D eigenvalue weighted by Gasteiger charge is -2.10. The van der Waals surface area contributed by atoms with Crippen LogP contribution in [0.2, 0.25) is 0 Å². The lowest BCUT2D eigenvalue weighted by Crippen LogP contribution is -1.93. The van der Waals surface area contributed by atoms with Gasteiger partial charge in [-0.3, -0.25) is 0 Å². The van der Waals surface area contributed by atoms with Gasteiger partial charge >= 0.3 is 0 Å². The molecule has 2 heteroatoms. The van der Waals surface area contributed by atoms with Gasteiger partial charge in [-0.05, 0) is 88.0 Å². The number of rotatable bonds is 4. The van der Waals surface area contributed by atoms with Crippen molar-refractivity contribution in [1.82, 2.24) is 4.57 Å². The SMILES string of the molecule is c1ccc(-c2ccc(-n3c4ccccc4c4cc(-c5ccc6oc7cc(-c8ccccc8)ccc7c6c5)ccc43)cc2)cc1. The molecular formula is C42H27NO. The van der Waals surface area contributed by atoms with Crippen molar-refractivity contribution in [3.8, 4) is 39.1 Å². The highest BCUT2D eigenvalue weighted by Crippen LogP contribution is 2.38. The Morgan fingerprint density at radius 3 is 1.64 bits per heavy atom. The zero-order valence-corrected chi connectivity index (χ0v) is 23.9. The Hall–Kier alpha value is -5.86. The van der Waals surface area contributed by atoms with E-state index in [1.165, 1.54) is 49.6 Å². The van der Waals surface area contributed by atoms with Gasteiger partial charge in [0.15, 0.2) is 0 Å². The fourth-order valence-corrected chi connectivity index (χ4v) is 6.63. The van der Waals surface area contributed by atoms with E-state index < -0.39 is 0 Å². The second-order valence-electron chi connectivity index (χ2n) is 11.4. The summed E-state index contributed by atoms with van der Waals surface area (Å²) in [5.74, 6) is 0. The summed E-state index contributed by atoms with van der Waals surface area (Å²) < 4.78 is 8.69. The molecule has 9 rings (SSSR count). The third-order valence-corrected chi connectivity index (χ3v) is 8.82. The Bertz CT molecular complexity index is 2470. The monoisotopic (exact) mass is 561 g/mol. The molecule has 0 aliphatic rings. The average Bonchev–Trinajstić information content (AvgIpc) is 3.63. The predicted molar refractivity (Wildman–Crippen MR) is 184 cm³/mol. The van der Waals surface area contributed by atoms with Crippen LogP contribution in [0.25, 0.3) is 82.8 Å². The lowest BCUT2D eigenvalue weighted by molar-refractivity contribution is 0.669. The number of hydrogen-bond acceptors (Lipinski definition) is 1. The maximum Gasteiger partial charge on any atom is 0.136 e. The molecule has 0 N–H and O–H groups in total. The average molecular weight is 562 g/mol. The van der Waals surface area contributed by atoms with Gasteiger partial charge in [-0.15, -0.1) is 0 Å². The van der Waals surface area contributed by atoms with E-state index in [4.69, 9.17) is 4.42 Å². The van der Waals surface area contributed by atoms with Crippen molar-refractivity contribution in [1.29, 1.82) is 0 Å². The summed E-state index contributed by atoms with van der Waals surface area (Å²) in [5, 5.41) is 4.77. The minimum absolute atomic E-state index is 0.908. The Kier molecular flexibility index (Phi) is 5.54. The molecule has 0 saturated carbocycles. The summed E-state index contributed by atoms with van der Waals surface area (Å²) in [6.45, 7) is 0. The first-order valence-corrected chi connectivity index (χ1v) is 15.0. The number of fused-ring (bicyclic) bond motifs is 6. The molecule has 0 radical (unpaired) electrons. The maximum absolute atomic E-state index is 6.32. The van der Waals surface area contributed by atoms with Gasteiger partial charge in [-0.25, -0.2) is 0 Å². The molecule has 2 heterocycles. The van der Waals surface area contributed by atoms with E-state index in [-0.39, 0.29) is 0 Å². The molecule has 0 spiro atoms. The molecule has 0 aliphatic heterocycles. The number of benzene rings is 7. The van der Waals surface area contributed by atoms with Crippen molar-refractivity contribution in [2.45, 2.75) is 0 Å². The van der Waals surface area contributed by atoms with Gasteiger partial charge in [-0.1, -0.05) is 109 Å². The molecule has 0 saturated heterocycles. The number of furan rings is 1. The van der Waals surface area contributed by atoms with E-state index in [1.54, 1.807) is 0 Å². The van der Waals surface area contributed by atoms with Crippen molar-refractivity contribution in [2.24, 2.45) is 0 Å². The van der Waals surface area contributed by atoms with Crippen LogP contribution in [0.4, 0.5) is 0 Å². The molecule has 2 nitrogen and oxygen atoms in total. The van der Waals surface area contributed by atoms with Crippen LogP contribution in [-0.2, 0) is 0 Å². The Labute approximate surface area is 255 Å². The Morgan fingerprint density at radius 2 is 0.864 bits per heavy atom. The zero-order valence-electron chi connectivity index (χ0n) is 23.9. The summed E-state index contributed by atoms with van der Waals surface area (Å²) in [7, 11) is 0. The molecule has 0 aliphatic carbocycles. The van der Waals surface area contributed by atoms with Crippen molar-refractivity contribution in [3.05, 3.63) is 164 Å². The second kappa shape index (κ2) is 9.86. The number of aromatic nitrogens is 1. The van der Waals surface area contributed by atoms with Crippen molar-refractivity contribution >= 4 is 43.7 Å². The van der Waals surface area contributed by atoms with E-state index >= 15 is 0 Å². The minimum Gasteiger partial charge on any atom is -0.456 e. The predicted octanol–water partition coefficient (Wildman–Crippen LogP) is 11.7. The highest BCUT2D eigenvalue weighted by Gasteiger charge is 2.15. The fourth-order valence-electron chi connectivity index (χ4n) is 6.63. The molecule has 0 unspecified atom stereocenters. The zero-order chi connectivity index (χ0) is 29.0. The summed E-state index contributed by atoms with van der Waals surface area (Å²) in [6.07, 6.45) is 0. The molecule has 0 fully saturated rings. The maximum atomic E-state index is 6.32. The van der Waals surface area contributed by atoms with Crippen LogP contribution < -0.4 is 0 Å². The van der Waals surface area contributed by atoms with Crippen molar-refractivity contribution < 1.29 is 4.42 Å². The highest BCUT2D eigenvalue weighted by atomic mass is 16.3. The van der Waals surface area contributed by atoms with E-state index in [2.05, 4.69) is 162 Å². The van der Waals surface area contributed by atoms with Gasteiger partial charge in [0.1, 0.15) is 11.2 Å². The van der Waals surface area contributed by atoms with E-state index in [0.29, 0.717) is 0 Å². The first-order valence-electron chi connectivity index (χ1n) is 15.0. The van der Waals surface area contributed by atoms with Gasteiger partial charge in [0, 0.05) is 27.2 Å². The van der Waals surface area contributed by atoms with Gasteiger partial charge in [0.2, 0.25) is 0 Å². The van der Waals surface area contributed by atoms with E-state index in [1.807, 2.05) is 6.07 Å². The molecule has 0 amide bonds. The van der Waals surface area contributed by atoms with Crippen LogP contribution in [-0.4, -0.2) is 4.57 Å². The molecule has 9 aromatic rings. The fraction of sp³-hybridized carbons (Fsp3) is 0. The molecule has 44 heavy (non-hydrogen) atoms. The molecule has 2 aromatic heterocycles. The van der Waals surface area contributed by atoms with Crippen LogP contribution in [0.3, 0.4) is 0 Å². The lowest BCUT2D eigenvalue weighted by atomic mass is 9.99. The third kappa shape index (κ3) is 3.96. The standard InChI is InChI=1S/C42H27NO/c1-3-9-28(10-4-1)30-15-20-34(21-16-30)43-39-14-8-7-13-35(39)37-25-31(18-23-40(37)43)32-19-24-41-38(26-32)36-22-17-33(27-42(36)44-41)29-11-5-2-6-12-29/h1-27H. The third-order valence-electron chi connectivity index (χ3n) is 8.82. The first kappa shape index (κ1) is 24.7. The summed E-state index contributed by atoms with van der Waals surface area (Å²) in [4.78, 5) is 0. The minimum atomic E-state index is 0.908. The van der Waals surface area contributed by atoms with Crippen LogP contribution in [0, 0.1) is 0 Å². The topological polar surface area (TPSA) is 18.1 Å². The van der Waals surface area contributed by atoms with Gasteiger partial charge in [-0.2, -0.15) is 0 Å². The molecular weight excluding hydrogens is 534 g/mol. The molecule has 0 atom stereocenters. The largest absolute Gasteiger partial charge is 0.456 e. The molecule has 206 valence electrons. The van der Waals surface area contributed by atoms with Crippen LogP contribution >= 0.6 is 0 Å². The number of hydrogen-bond donors (Lipinski definition) is 0. The quantitative estimate of drug-likeness (QED) is 0.209. The second-order valence-corrected chi connectivity index (χ2v) is 11.4. The van der Waals surface area contributed by atoms with Crippen molar-refractivity contribution in [2.75, 3.05) is 0 Å². The first-order chi connectivity index (χ1) is 21.8. The van der Waals surface area contributed by atoms with E-state index in [9.17, 15) is 0 Å². The normalized spacial score (nSPS) is 11.6. The van der Waals surface area contributed by atoms with Crippen LogP contribution in [0.1, 0.15) is 0 Å². The Balaban J connectivity index is 1.15. The smallest absolute Gasteiger partial charge is 0.136 e. The van der Waals surface area contributed by atoms with Crippen LogP contribution in [0.15, 0.2) is 168 Å². The van der Waals surface area contributed by atoms with Gasteiger partial charge in [0.25, 0.3) is 0 Å². The van der Waals surface area contributed by atoms with Crippen LogP contribution in [0.5, 0.6) is 0 Å². The van der Waals surface area contributed by atoms with Gasteiger partial charge in [0.05, 0.1) is 11.0 Å². The molecule has 7 aromatic carbocycles. The Morgan fingerprint density at radius 1 is 0.318 bits per heavy atom. The van der Waals surface area contributed by atoms with Gasteiger partial charge < -0.3 is 8.98 Å². The summed E-state index contributed by atoms with van der Waals surface area (Å²) in [6, 6.07) is 58.5. The summed E-state index contributed by atoms with van der Waals surface area (Å²) in [5.41, 5.74) is 12.6. The number of para-hydroxylation sites is 1. The van der Waals surface area contributed by atoms with Crippen molar-refractivity contribution in [3.63, 3.8) is 0 Å². The summed E-state index contributed by atoms with van der Waals surface area (Å²) >= 11 is 0.